The molecule has 0 unspecified atom stereocenters. The first kappa shape index (κ1) is 13.3. The molecule has 1 aromatic rings. The van der Waals surface area contributed by atoms with Gasteiger partial charge in [-0.3, -0.25) is 4.79 Å². The minimum absolute atomic E-state index is 0.833. The summed E-state index contributed by atoms with van der Waals surface area (Å²) in [6.07, 6.45) is 0. The van der Waals surface area contributed by atoms with E-state index in [1.165, 1.54) is 0 Å². The molecule has 2 nitrogen and oxygen atoms in total. The van der Waals surface area contributed by atoms with Crippen molar-refractivity contribution in [1.29, 1.82) is 0 Å². The van der Waals surface area contributed by atoms with E-state index < -0.39 is 5.97 Å². The molecule has 0 bridgehead atoms. The van der Waals surface area contributed by atoms with E-state index in [2.05, 4.69) is 0 Å². The molecular formula is C10H16O2. The van der Waals surface area contributed by atoms with Crippen LogP contribution in [0.2, 0.25) is 0 Å². The summed E-state index contributed by atoms with van der Waals surface area (Å²) >= 11 is 0. The lowest BCUT2D eigenvalue weighted by atomic mass is 10.4. The monoisotopic (exact) mass is 168 g/mol. The SMILES string of the molecule is CC.CC(=O)O.c1ccccc1. The van der Waals surface area contributed by atoms with Crippen LogP contribution in [-0.2, 0) is 4.79 Å². The third-order valence-electron chi connectivity index (χ3n) is 0.667. The van der Waals surface area contributed by atoms with Crippen molar-refractivity contribution in [3.8, 4) is 0 Å². The van der Waals surface area contributed by atoms with Gasteiger partial charge in [-0.25, -0.2) is 0 Å². The van der Waals surface area contributed by atoms with Gasteiger partial charge in [-0.2, -0.15) is 0 Å². The van der Waals surface area contributed by atoms with E-state index in [1.807, 2.05) is 50.2 Å². The van der Waals surface area contributed by atoms with Gasteiger partial charge in [0.1, 0.15) is 0 Å². The molecule has 0 amide bonds. The number of benzene rings is 1. The molecule has 0 radical (unpaired) electrons. The maximum Gasteiger partial charge on any atom is 0.300 e. The van der Waals surface area contributed by atoms with Gasteiger partial charge in [-0.15, -0.1) is 0 Å². The van der Waals surface area contributed by atoms with Crippen molar-refractivity contribution < 1.29 is 9.90 Å². The Morgan fingerprint density at radius 3 is 1.08 bits per heavy atom. The highest BCUT2D eigenvalue weighted by Gasteiger charge is 1.65. The lowest BCUT2D eigenvalue weighted by Crippen LogP contribution is -1.78. The van der Waals surface area contributed by atoms with Crippen molar-refractivity contribution in [3.63, 3.8) is 0 Å². The summed E-state index contributed by atoms with van der Waals surface area (Å²) in [5, 5.41) is 7.42. The fraction of sp³-hybridized carbons (Fsp3) is 0.300. The molecule has 68 valence electrons. The van der Waals surface area contributed by atoms with E-state index in [9.17, 15) is 0 Å². The second-order valence-electron chi connectivity index (χ2n) is 1.67. The zero-order valence-electron chi connectivity index (χ0n) is 7.82. The van der Waals surface area contributed by atoms with Crippen LogP contribution in [-0.4, -0.2) is 11.1 Å². The van der Waals surface area contributed by atoms with Crippen LogP contribution in [0.25, 0.3) is 0 Å². The zero-order chi connectivity index (χ0) is 9.82. The zero-order valence-corrected chi connectivity index (χ0v) is 7.82. The van der Waals surface area contributed by atoms with Crippen molar-refractivity contribution in [2.45, 2.75) is 20.8 Å². The van der Waals surface area contributed by atoms with Crippen LogP contribution in [0.4, 0.5) is 0 Å². The summed E-state index contributed by atoms with van der Waals surface area (Å²) < 4.78 is 0. The van der Waals surface area contributed by atoms with Crippen LogP contribution in [0.3, 0.4) is 0 Å². The minimum Gasteiger partial charge on any atom is -0.481 e. The normalized spacial score (nSPS) is 6.58. The van der Waals surface area contributed by atoms with Gasteiger partial charge in [-0.1, -0.05) is 50.2 Å². The molecule has 1 rings (SSSR count). The molecule has 0 fully saturated rings. The highest BCUT2D eigenvalue weighted by atomic mass is 16.4. The van der Waals surface area contributed by atoms with Crippen LogP contribution >= 0.6 is 0 Å². The van der Waals surface area contributed by atoms with Gasteiger partial charge >= 0.3 is 0 Å². The van der Waals surface area contributed by atoms with Crippen LogP contribution < -0.4 is 0 Å². The van der Waals surface area contributed by atoms with Gasteiger partial charge in [0.25, 0.3) is 5.97 Å². The molecule has 0 aliphatic rings. The summed E-state index contributed by atoms with van der Waals surface area (Å²) in [5.74, 6) is -0.833. The van der Waals surface area contributed by atoms with Gasteiger partial charge in [0.2, 0.25) is 0 Å². The number of rotatable bonds is 0. The first-order valence-corrected chi connectivity index (χ1v) is 3.93. The Balaban J connectivity index is 0. The molecule has 2 heteroatoms. The van der Waals surface area contributed by atoms with Crippen molar-refractivity contribution in [2.24, 2.45) is 0 Å². The molecule has 0 atom stereocenters. The average molecular weight is 168 g/mol. The third kappa shape index (κ3) is 23.4. The Hall–Kier alpha value is -1.31. The number of aliphatic carboxylic acids is 1. The Morgan fingerprint density at radius 1 is 0.917 bits per heavy atom. The maximum atomic E-state index is 9.00. The van der Waals surface area contributed by atoms with Crippen molar-refractivity contribution in [2.75, 3.05) is 0 Å². The molecular weight excluding hydrogens is 152 g/mol. The maximum absolute atomic E-state index is 9.00. The van der Waals surface area contributed by atoms with E-state index in [0.29, 0.717) is 0 Å². The van der Waals surface area contributed by atoms with Gasteiger partial charge in [0, 0.05) is 6.92 Å². The first-order chi connectivity index (χ1) is 5.73. The van der Waals surface area contributed by atoms with Crippen LogP contribution in [0, 0.1) is 0 Å². The Labute approximate surface area is 73.9 Å². The van der Waals surface area contributed by atoms with Crippen molar-refractivity contribution >= 4 is 5.97 Å². The topological polar surface area (TPSA) is 37.3 Å². The summed E-state index contributed by atoms with van der Waals surface area (Å²) in [5.41, 5.74) is 0. The van der Waals surface area contributed by atoms with E-state index in [4.69, 9.17) is 9.90 Å². The summed E-state index contributed by atoms with van der Waals surface area (Å²) in [4.78, 5) is 9.00. The second-order valence-corrected chi connectivity index (χ2v) is 1.67. The van der Waals surface area contributed by atoms with Gasteiger partial charge in [-0.05, 0) is 0 Å². The van der Waals surface area contributed by atoms with Gasteiger partial charge in [0.15, 0.2) is 0 Å². The summed E-state index contributed by atoms with van der Waals surface area (Å²) in [7, 11) is 0. The highest BCUT2D eigenvalue weighted by Crippen LogP contribution is 1.79. The van der Waals surface area contributed by atoms with Gasteiger partial charge in [0.05, 0.1) is 0 Å². The summed E-state index contributed by atoms with van der Waals surface area (Å²) in [6.45, 7) is 5.08. The van der Waals surface area contributed by atoms with Gasteiger partial charge < -0.3 is 5.11 Å². The largest absolute Gasteiger partial charge is 0.481 e. The predicted octanol–water partition coefficient (Wildman–Crippen LogP) is 2.80. The fourth-order valence-corrected chi connectivity index (χ4v) is 0.385. The highest BCUT2D eigenvalue weighted by molar-refractivity contribution is 5.62. The Kier molecular flexibility index (Phi) is 13.7. The third-order valence-corrected chi connectivity index (χ3v) is 0.667. The standard InChI is InChI=1S/C6H6.C2H4O2.C2H6/c1-2-4-6-5-3-1;1-2(3)4;1-2/h1-6H;1H3,(H,3,4);1-2H3. The Bertz CT molecular complexity index is 140. The van der Waals surface area contributed by atoms with E-state index in [1.54, 1.807) is 0 Å². The number of hydrogen-bond acceptors (Lipinski definition) is 1. The molecule has 0 aliphatic carbocycles. The quantitative estimate of drug-likeness (QED) is 0.646. The van der Waals surface area contributed by atoms with E-state index >= 15 is 0 Å². The molecule has 0 aliphatic heterocycles. The molecule has 0 aromatic heterocycles. The van der Waals surface area contributed by atoms with Crippen molar-refractivity contribution in [1.82, 2.24) is 0 Å². The fourth-order valence-electron chi connectivity index (χ4n) is 0.385. The molecule has 12 heavy (non-hydrogen) atoms. The summed E-state index contributed by atoms with van der Waals surface area (Å²) in [6, 6.07) is 12.0. The van der Waals surface area contributed by atoms with Crippen LogP contribution in [0.15, 0.2) is 36.4 Å². The smallest absolute Gasteiger partial charge is 0.300 e. The van der Waals surface area contributed by atoms with E-state index in [-0.39, 0.29) is 0 Å². The molecule has 1 aromatic carbocycles. The average Bonchev–Trinajstić information content (AvgIpc) is 2.10. The lowest BCUT2D eigenvalue weighted by Gasteiger charge is -1.69. The number of carboxylic acids is 1. The number of carboxylic acid groups (broad SMARTS) is 1. The minimum atomic E-state index is -0.833. The Morgan fingerprint density at radius 2 is 1.00 bits per heavy atom. The molecule has 0 saturated heterocycles. The number of carbonyl (C=O) groups is 1. The first-order valence-electron chi connectivity index (χ1n) is 3.93. The lowest BCUT2D eigenvalue weighted by molar-refractivity contribution is -0.134. The molecule has 0 saturated carbocycles. The molecule has 0 heterocycles. The van der Waals surface area contributed by atoms with Crippen molar-refractivity contribution in [3.05, 3.63) is 36.4 Å². The number of hydrogen-bond donors (Lipinski definition) is 1. The van der Waals surface area contributed by atoms with E-state index in [0.717, 1.165) is 6.92 Å². The molecule has 1 N–H and O–H groups in total. The second kappa shape index (κ2) is 12.4. The predicted molar refractivity (Wildman–Crippen MR) is 51.1 cm³/mol. The molecule has 0 spiro atoms. The van der Waals surface area contributed by atoms with Crippen LogP contribution in [0.1, 0.15) is 20.8 Å². The van der Waals surface area contributed by atoms with Crippen LogP contribution in [0.5, 0.6) is 0 Å².